The van der Waals surface area contributed by atoms with Gasteiger partial charge in [0.15, 0.2) is 4.80 Å². The Morgan fingerprint density at radius 2 is 1.89 bits per heavy atom. The third-order valence-electron chi connectivity index (χ3n) is 6.40. The van der Waals surface area contributed by atoms with E-state index in [1.54, 1.807) is 25.5 Å². The van der Waals surface area contributed by atoms with Crippen LogP contribution in [0.4, 0.5) is 0 Å². The van der Waals surface area contributed by atoms with Crippen LogP contribution in [-0.4, -0.2) is 28.8 Å². The molecular formula is C28H27N3O4S. The molecule has 36 heavy (non-hydrogen) atoms. The van der Waals surface area contributed by atoms with Crippen molar-refractivity contribution in [2.45, 2.75) is 33.4 Å². The van der Waals surface area contributed by atoms with Gasteiger partial charge < -0.3 is 14.0 Å². The Kier molecular flexibility index (Phi) is 6.36. The highest BCUT2D eigenvalue weighted by Crippen LogP contribution is 2.35. The average molecular weight is 502 g/mol. The Balaban J connectivity index is 1.77. The first-order valence-corrected chi connectivity index (χ1v) is 12.7. The summed E-state index contributed by atoms with van der Waals surface area (Å²) in [7, 11) is 1.58. The van der Waals surface area contributed by atoms with Gasteiger partial charge in [-0.1, -0.05) is 47.7 Å². The van der Waals surface area contributed by atoms with E-state index in [4.69, 9.17) is 9.47 Å². The van der Waals surface area contributed by atoms with E-state index in [-0.39, 0.29) is 12.2 Å². The number of carbonyl (C=O) groups is 1. The summed E-state index contributed by atoms with van der Waals surface area (Å²) >= 11 is 1.32. The molecule has 7 nitrogen and oxygen atoms in total. The number of ether oxygens (including phenoxy) is 2. The Morgan fingerprint density at radius 3 is 2.64 bits per heavy atom. The Bertz CT molecular complexity index is 1690. The molecule has 5 rings (SSSR count). The molecule has 2 aromatic carbocycles. The first kappa shape index (κ1) is 23.8. The zero-order chi connectivity index (χ0) is 25.4. The van der Waals surface area contributed by atoms with Gasteiger partial charge in [-0.25, -0.2) is 9.79 Å². The van der Waals surface area contributed by atoms with Gasteiger partial charge in [-0.3, -0.25) is 9.36 Å². The number of fused-ring (bicyclic) bond motifs is 2. The van der Waals surface area contributed by atoms with E-state index in [1.807, 2.05) is 42.5 Å². The van der Waals surface area contributed by atoms with Gasteiger partial charge in [-0.15, -0.1) is 0 Å². The molecule has 8 heteroatoms. The summed E-state index contributed by atoms with van der Waals surface area (Å²) in [5, 5.41) is 1.08. The monoisotopic (exact) mass is 501 g/mol. The second-order valence-electron chi connectivity index (χ2n) is 8.43. The molecule has 0 spiro atoms. The number of rotatable bonds is 6. The van der Waals surface area contributed by atoms with Crippen LogP contribution in [0.3, 0.4) is 0 Å². The molecule has 0 saturated heterocycles. The van der Waals surface area contributed by atoms with Gasteiger partial charge in [0.25, 0.3) is 5.56 Å². The number of aromatic nitrogens is 2. The van der Waals surface area contributed by atoms with E-state index in [1.165, 1.54) is 11.3 Å². The number of carbonyl (C=O) groups excluding carboxylic acids is 1. The minimum atomic E-state index is -0.712. The molecule has 0 N–H and O–H groups in total. The van der Waals surface area contributed by atoms with Crippen molar-refractivity contribution in [3.05, 3.63) is 96.8 Å². The maximum atomic E-state index is 13.9. The predicted molar refractivity (Wildman–Crippen MR) is 141 cm³/mol. The Morgan fingerprint density at radius 1 is 1.14 bits per heavy atom. The third-order valence-corrected chi connectivity index (χ3v) is 7.38. The van der Waals surface area contributed by atoms with Crippen LogP contribution in [0.25, 0.3) is 17.0 Å². The molecule has 1 atom stereocenters. The van der Waals surface area contributed by atoms with Crippen LogP contribution >= 0.6 is 11.3 Å². The number of hydrogen-bond acceptors (Lipinski definition) is 6. The summed E-state index contributed by atoms with van der Waals surface area (Å²) in [6.07, 6.45) is 3.98. The molecule has 0 bridgehead atoms. The molecule has 0 saturated carbocycles. The fraction of sp³-hybridized carbons (Fsp3) is 0.250. The fourth-order valence-electron chi connectivity index (χ4n) is 4.77. The molecular weight excluding hydrogens is 474 g/mol. The number of esters is 1. The first-order chi connectivity index (χ1) is 17.5. The van der Waals surface area contributed by atoms with E-state index in [2.05, 4.69) is 34.8 Å². The van der Waals surface area contributed by atoms with Crippen LogP contribution in [0.1, 0.15) is 37.9 Å². The smallest absolute Gasteiger partial charge is 0.338 e. The van der Waals surface area contributed by atoms with Crippen LogP contribution in [0.5, 0.6) is 5.75 Å². The first-order valence-electron chi connectivity index (χ1n) is 11.9. The Hall–Kier alpha value is -3.91. The molecule has 0 fully saturated rings. The van der Waals surface area contributed by atoms with Gasteiger partial charge in [-0.05, 0) is 39.0 Å². The van der Waals surface area contributed by atoms with Crippen LogP contribution in [-0.2, 0) is 16.1 Å². The lowest BCUT2D eigenvalue weighted by Crippen LogP contribution is -2.40. The summed E-state index contributed by atoms with van der Waals surface area (Å²) in [5.74, 6) is 0.0922. The number of nitrogens with zero attached hydrogens (tertiary/aromatic N) is 3. The summed E-state index contributed by atoms with van der Waals surface area (Å²) in [6.45, 7) is 6.68. The van der Waals surface area contributed by atoms with Gasteiger partial charge >= 0.3 is 5.97 Å². The number of aryl methyl sites for hydroxylation is 1. The quantitative estimate of drug-likeness (QED) is 0.377. The highest BCUT2D eigenvalue weighted by molar-refractivity contribution is 7.07. The van der Waals surface area contributed by atoms with Gasteiger partial charge in [0.05, 0.1) is 29.5 Å². The normalized spacial score (nSPS) is 15.7. The molecule has 1 aliphatic heterocycles. The average Bonchev–Trinajstić information content (AvgIpc) is 3.40. The molecule has 4 aromatic rings. The minimum Gasteiger partial charge on any atom is -0.496 e. The number of benzene rings is 2. The fourth-order valence-corrected chi connectivity index (χ4v) is 5.81. The highest BCUT2D eigenvalue weighted by Gasteiger charge is 2.34. The van der Waals surface area contributed by atoms with Crippen molar-refractivity contribution in [2.24, 2.45) is 4.99 Å². The van der Waals surface area contributed by atoms with Crippen LogP contribution in [0.2, 0.25) is 0 Å². The summed E-state index contributed by atoms with van der Waals surface area (Å²) in [4.78, 5) is 32.2. The molecule has 3 heterocycles. The summed E-state index contributed by atoms with van der Waals surface area (Å²) in [5.41, 5.74) is 3.44. The third kappa shape index (κ3) is 3.87. The van der Waals surface area contributed by atoms with Crippen molar-refractivity contribution in [3.63, 3.8) is 0 Å². The topological polar surface area (TPSA) is 74.8 Å². The molecule has 0 radical (unpaired) electrons. The second kappa shape index (κ2) is 9.62. The lowest BCUT2D eigenvalue weighted by Gasteiger charge is -2.25. The lowest BCUT2D eigenvalue weighted by atomic mass is 9.95. The van der Waals surface area contributed by atoms with Gasteiger partial charge in [0, 0.05) is 34.8 Å². The van der Waals surface area contributed by atoms with E-state index >= 15 is 0 Å². The predicted octanol–water partition coefficient (Wildman–Crippen LogP) is 3.78. The van der Waals surface area contributed by atoms with Crippen molar-refractivity contribution in [1.82, 2.24) is 9.13 Å². The van der Waals surface area contributed by atoms with Crippen LogP contribution in [0.15, 0.2) is 75.8 Å². The number of allylic oxidation sites excluding steroid dienone is 1. The van der Waals surface area contributed by atoms with Crippen molar-refractivity contribution < 1.29 is 14.3 Å². The highest BCUT2D eigenvalue weighted by atomic mass is 32.1. The van der Waals surface area contributed by atoms with Crippen molar-refractivity contribution in [2.75, 3.05) is 13.7 Å². The van der Waals surface area contributed by atoms with Crippen molar-refractivity contribution >= 4 is 34.3 Å². The van der Waals surface area contributed by atoms with E-state index in [9.17, 15) is 9.59 Å². The van der Waals surface area contributed by atoms with Gasteiger partial charge in [0.2, 0.25) is 0 Å². The SMILES string of the molecule is CCOC(=O)C1=C(C)N=c2s/c(=C\c3cn(CC)c4ccccc34)c(=O)n2[C@@H]1c1ccccc1OC. The second-order valence-corrected chi connectivity index (χ2v) is 9.44. The minimum absolute atomic E-state index is 0.211. The van der Waals surface area contributed by atoms with Crippen molar-refractivity contribution in [1.29, 1.82) is 0 Å². The van der Waals surface area contributed by atoms with Crippen LogP contribution < -0.4 is 19.6 Å². The summed E-state index contributed by atoms with van der Waals surface area (Å²) in [6, 6.07) is 14.9. The van der Waals surface area contributed by atoms with Crippen LogP contribution in [0, 0.1) is 0 Å². The number of thiazole rings is 1. The molecule has 2 aromatic heterocycles. The number of methoxy groups -OCH3 is 1. The van der Waals surface area contributed by atoms with Crippen molar-refractivity contribution in [3.8, 4) is 5.75 Å². The van der Waals surface area contributed by atoms with E-state index in [0.29, 0.717) is 31.9 Å². The van der Waals surface area contributed by atoms with E-state index in [0.717, 1.165) is 23.0 Å². The molecule has 184 valence electrons. The zero-order valence-corrected chi connectivity index (χ0v) is 21.5. The maximum absolute atomic E-state index is 13.9. The number of hydrogen-bond donors (Lipinski definition) is 0. The number of para-hydroxylation sites is 2. The largest absolute Gasteiger partial charge is 0.496 e. The van der Waals surface area contributed by atoms with Gasteiger partial charge in [-0.2, -0.15) is 0 Å². The molecule has 0 aliphatic carbocycles. The Labute approximate surface area is 212 Å². The lowest BCUT2D eigenvalue weighted by molar-refractivity contribution is -0.139. The zero-order valence-electron chi connectivity index (χ0n) is 20.6. The molecule has 0 amide bonds. The molecule has 0 unspecified atom stereocenters. The van der Waals surface area contributed by atoms with Gasteiger partial charge in [0.1, 0.15) is 11.8 Å². The standard InChI is InChI=1S/C28H27N3O4S/c1-5-30-16-18(19-11-7-9-13-21(19)30)15-23-26(32)31-25(20-12-8-10-14-22(20)34-4)24(27(33)35-6-2)17(3)29-28(31)36-23/h7-16,25H,5-6H2,1-4H3/b23-15-/t25-/m1/s1. The summed E-state index contributed by atoms with van der Waals surface area (Å²) < 4.78 is 15.3. The molecule has 1 aliphatic rings. The maximum Gasteiger partial charge on any atom is 0.338 e. The van der Waals surface area contributed by atoms with E-state index < -0.39 is 12.0 Å².